The number of hydrogen-bond acceptors (Lipinski definition) is 3. The van der Waals surface area contributed by atoms with Crippen LogP contribution in [0.2, 0.25) is 5.02 Å². The van der Waals surface area contributed by atoms with E-state index < -0.39 is 0 Å². The first-order chi connectivity index (χ1) is 12.7. The zero-order valence-electron chi connectivity index (χ0n) is 14.5. The van der Waals surface area contributed by atoms with Gasteiger partial charge in [-0.1, -0.05) is 41.9 Å². The van der Waals surface area contributed by atoms with Gasteiger partial charge in [-0.3, -0.25) is 9.47 Å². The highest BCUT2D eigenvalue weighted by atomic mass is 35.5. The molecule has 0 amide bonds. The lowest BCUT2D eigenvalue weighted by molar-refractivity contribution is 0.253. The molecule has 0 aliphatic carbocycles. The molecule has 0 saturated carbocycles. The van der Waals surface area contributed by atoms with Crippen molar-refractivity contribution in [1.82, 2.24) is 19.2 Å². The molecule has 0 bridgehead atoms. The highest BCUT2D eigenvalue weighted by molar-refractivity contribution is 7.71. The average Bonchev–Trinajstić information content (AvgIpc) is 3.27. The van der Waals surface area contributed by atoms with Crippen LogP contribution in [-0.4, -0.2) is 32.3 Å². The summed E-state index contributed by atoms with van der Waals surface area (Å²) in [6.07, 6.45) is 2.50. The van der Waals surface area contributed by atoms with Crippen molar-refractivity contribution in [2.24, 2.45) is 0 Å². The molecule has 1 fully saturated rings. The minimum absolute atomic E-state index is 0.706. The Hall–Kier alpha value is -1.95. The van der Waals surface area contributed by atoms with Crippen LogP contribution in [-0.2, 0) is 13.2 Å². The number of likely N-dealkylation sites (tertiary alicyclic amines) is 1. The first kappa shape index (κ1) is 17.5. The predicted molar refractivity (Wildman–Crippen MR) is 108 cm³/mol. The Morgan fingerprint density at radius 3 is 2.35 bits per heavy atom. The summed E-state index contributed by atoms with van der Waals surface area (Å²) in [6.45, 7) is 3.69. The minimum atomic E-state index is 0.706. The molecule has 4 rings (SSSR count). The van der Waals surface area contributed by atoms with Gasteiger partial charge < -0.3 is 0 Å². The van der Waals surface area contributed by atoms with E-state index in [1.54, 1.807) is 0 Å². The molecule has 0 atom stereocenters. The number of nitrogens with zero attached hydrogens (tertiary/aromatic N) is 4. The van der Waals surface area contributed by atoms with Gasteiger partial charge in [-0.25, -0.2) is 4.68 Å². The van der Waals surface area contributed by atoms with Crippen molar-refractivity contribution in [3.05, 3.63) is 70.0 Å². The second-order valence-corrected chi connectivity index (χ2v) is 7.45. The number of benzene rings is 2. The number of aromatic nitrogens is 3. The van der Waals surface area contributed by atoms with Crippen molar-refractivity contribution in [1.29, 1.82) is 0 Å². The van der Waals surface area contributed by atoms with Crippen LogP contribution < -0.4 is 0 Å². The van der Waals surface area contributed by atoms with E-state index in [9.17, 15) is 0 Å². The Balaban J connectivity index is 1.74. The normalized spacial score (nSPS) is 14.8. The van der Waals surface area contributed by atoms with E-state index in [-0.39, 0.29) is 0 Å². The van der Waals surface area contributed by atoms with E-state index in [4.69, 9.17) is 28.9 Å². The summed E-state index contributed by atoms with van der Waals surface area (Å²) in [7, 11) is 0. The monoisotopic (exact) mass is 384 g/mol. The van der Waals surface area contributed by atoms with Crippen LogP contribution >= 0.6 is 23.8 Å². The summed E-state index contributed by atoms with van der Waals surface area (Å²) in [5, 5.41) is 5.58. The summed E-state index contributed by atoms with van der Waals surface area (Å²) in [5.74, 6) is 0.884. The van der Waals surface area contributed by atoms with Gasteiger partial charge in [-0.05, 0) is 68.0 Å². The summed E-state index contributed by atoms with van der Waals surface area (Å²) in [4.78, 5) is 2.40. The fraction of sp³-hybridized carbons (Fsp3) is 0.300. The number of halogens is 1. The van der Waals surface area contributed by atoms with Crippen molar-refractivity contribution in [2.45, 2.75) is 26.1 Å². The molecule has 0 radical (unpaired) electrons. The standard InChI is InChI=1S/C20H21ClN4S/c21-18-10-8-17(9-11-18)19-22-25(15-23-12-4-5-13-23)20(26)24(19)14-16-6-2-1-3-7-16/h1-3,6-11H,4-5,12-15H2. The van der Waals surface area contributed by atoms with Gasteiger partial charge in [0.25, 0.3) is 0 Å². The molecule has 0 N–H and O–H groups in total. The van der Waals surface area contributed by atoms with Crippen LogP contribution in [0.15, 0.2) is 54.6 Å². The molecule has 26 heavy (non-hydrogen) atoms. The van der Waals surface area contributed by atoms with E-state index in [1.165, 1.54) is 18.4 Å². The SMILES string of the molecule is S=c1n(CN2CCCC2)nc(-c2ccc(Cl)cc2)n1Cc1ccccc1. The van der Waals surface area contributed by atoms with Crippen LogP contribution in [0.5, 0.6) is 0 Å². The third-order valence-electron chi connectivity index (χ3n) is 4.74. The summed E-state index contributed by atoms with van der Waals surface area (Å²) < 4.78 is 4.82. The molecule has 3 aromatic rings. The molecular weight excluding hydrogens is 364 g/mol. The number of rotatable bonds is 5. The third kappa shape index (κ3) is 3.75. The van der Waals surface area contributed by atoms with Crippen LogP contribution in [0.25, 0.3) is 11.4 Å². The average molecular weight is 385 g/mol. The first-order valence-corrected chi connectivity index (χ1v) is 9.69. The predicted octanol–water partition coefficient (Wildman–Crippen LogP) is 4.84. The van der Waals surface area contributed by atoms with Crippen molar-refractivity contribution >= 4 is 23.8 Å². The Morgan fingerprint density at radius 2 is 1.65 bits per heavy atom. The van der Waals surface area contributed by atoms with Crippen molar-refractivity contribution < 1.29 is 0 Å². The zero-order valence-corrected chi connectivity index (χ0v) is 16.1. The van der Waals surface area contributed by atoms with E-state index in [2.05, 4.69) is 33.7 Å². The molecule has 6 heteroatoms. The first-order valence-electron chi connectivity index (χ1n) is 8.90. The maximum Gasteiger partial charge on any atom is 0.199 e. The Labute approximate surface area is 163 Å². The van der Waals surface area contributed by atoms with Crippen LogP contribution in [0, 0.1) is 4.77 Å². The summed E-state index contributed by atoms with van der Waals surface area (Å²) in [5.41, 5.74) is 2.23. The van der Waals surface area contributed by atoms with Crippen molar-refractivity contribution in [2.75, 3.05) is 13.1 Å². The van der Waals surface area contributed by atoms with Crippen LogP contribution in [0.3, 0.4) is 0 Å². The highest BCUT2D eigenvalue weighted by Gasteiger charge is 2.17. The quantitative estimate of drug-likeness (QED) is 0.589. The van der Waals surface area contributed by atoms with E-state index >= 15 is 0 Å². The second kappa shape index (κ2) is 7.74. The minimum Gasteiger partial charge on any atom is -0.295 e. The highest BCUT2D eigenvalue weighted by Crippen LogP contribution is 2.22. The molecule has 4 nitrogen and oxygen atoms in total. The Bertz CT molecular complexity index is 925. The van der Waals surface area contributed by atoms with E-state index in [0.717, 1.165) is 40.9 Å². The number of hydrogen-bond donors (Lipinski definition) is 0. The van der Waals surface area contributed by atoms with Gasteiger partial charge >= 0.3 is 0 Å². The van der Waals surface area contributed by atoms with Crippen molar-refractivity contribution in [3.8, 4) is 11.4 Å². The smallest absolute Gasteiger partial charge is 0.199 e. The Kier molecular flexibility index (Phi) is 5.20. The molecule has 134 valence electrons. The van der Waals surface area contributed by atoms with Gasteiger partial charge in [-0.2, -0.15) is 5.10 Å². The maximum atomic E-state index is 6.06. The third-order valence-corrected chi connectivity index (χ3v) is 5.42. The summed E-state index contributed by atoms with van der Waals surface area (Å²) in [6, 6.07) is 18.2. The topological polar surface area (TPSA) is 26.0 Å². The van der Waals surface area contributed by atoms with Gasteiger partial charge in [0.05, 0.1) is 13.2 Å². The van der Waals surface area contributed by atoms with E-state index in [1.807, 2.05) is 35.0 Å². The molecule has 2 aromatic carbocycles. The van der Waals surface area contributed by atoms with Crippen LogP contribution in [0.4, 0.5) is 0 Å². The van der Waals surface area contributed by atoms with Gasteiger partial charge in [-0.15, -0.1) is 0 Å². The Morgan fingerprint density at radius 1 is 0.962 bits per heavy atom. The van der Waals surface area contributed by atoms with Crippen LogP contribution in [0.1, 0.15) is 18.4 Å². The fourth-order valence-electron chi connectivity index (χ4n) is 3.37. The van der Waals surface area contributed by atoms with Gasteiger partial charge in [0.2, 0.25) is 0 Å². The van der Waals surface area contributed by atoms with E-state index in [0.29, 0.717) is 6.54 Å². The zero-order chi connectivity index (χ0) is 17.9. The molecule has 1 aromatic heterocycles. The molecule has 1 aliphatic rings. The van der Waals surface area contributed by atoms with Gasteiger partial charge in [0.1, 0.15) is 0 Å². The lowest BCUT2D eigenvalue weighted by atomic mass is 10.2. The molecule has 1 saturated heterocycles. The largest absolute Gasteiger partial charge is 0.295 e. The molecule has 2 heterocycles. The molecule has 0 unspecified atom stereocenters. The molecule has 0 spiro atoms. The lowest BCUT2D eigenvalue weighted by Crippen LogP contribution is -2.23. The maximum absolute atomic E-state index is 6.06. The lowest BCUT2D eigenvalue weighted by Gasteiger charge is -2.13. The second-order valence-electron chi connectivity index (χ2n) is 6.65. The summed E-state index contributed by atoms with van der Waals surface area (Å²) >= 11 is 11.8. The molecule has 1 aliphatic heterocycles. The van der Waals surface area contributed by atoms with Gasteiger partial charge in [0, 0.05) is 10.6 Å². The molecular formula is C20H21ClN4S. The van der Waals surface area contributed by atoms with Crippen molar-refractivity contribution in [3.63, 3.8) is 0 Å². The van der Waals surface area contributed by atoms with Gasteiger partial charge in [0.15, 0.2) is 10.6 Å². The fourth-order valence-corrected chi connectivity index (χ4v) is 3.74.